The summed E-state index contributed by atoms with van der Waals surface area (Å²) < 4.78 is 1.66. The molecule has 0 atom stereocenters. The molecule has 8 nitrogen and oxygen atoms in total. The molecule has 4 rings (SSSR count). The van der Waals surface area contributed by atoms with Gasteiger partial charge in [0.25, 0.3) is 11.6 Å². The van der Waals surface area contributed by atoms with E-state index in [4.69, 9.17) is 11.6 Å². The Bertz CT molecular complexity index is 1410. The van der Waals surface area contributed by atoms with E-state index < -0.39 is 28.1 Å². The van der Waals surface area contributed by atoms with Crippen molar-refractivity contribution in [3.05, 3.63) is 92.5 Å². The summed E-state index contributed by atoms with van der Waals surface area (Å²) >= 11 is 9.20. The average molecular weight is 500 g/mol. The number of thiazole rings is 1. The molecule has 1 heterocycles. The highest BCUT2D eigenvalue weighted by Crippen LogP contribution is 2.34. The highest BCUT2D eigenvalue weighted by Gasteiger charge is 2.27. The lowest BCUT2D eigenvalue weighted by atomic mass is 10.0. The number of carboxylic acid groups (broad SMARTS) is 1. The Morgan fingerprint density at radius 2 is 1.94 bits per heavy atom. The number of amides is 1. The molecule has 0 saturated heterocycles. The molecule has 4 aromatic rings. The Morgan fingerprint density at radius 1 is 1.15 bits per heavy atom. The van der Waals surface area contributed by atoms with Crippen LogP contribution in [0.1, 0.15) is 26.3 Å². The lowest BCUT2D eigenvalue weighted by Crippen LogP contribution is -2.17. The van der Waals surface area contributed by atoms with Gasteiger partial charge in [-0.3, -0.25) is 14.9 Å². The van der Waals surface area contributed by atoms with Gasteiger partial charge in [-0.2, -0.15) is 0 Å². The van der Waals surface area contributed by atoms with Crippen LogP contribution in [0.4, 0.5) is 11.4 Å². The van der Waals surface area contributed by atoms with E-state index in [0.717, 1.165) is 26.2 Å². The number of hydrogen-bond donors (Lipinski definition) is 2. The quantitative estimate of drug-likeness (QED) is 0.179. The molecule has 0 saturated carbocycles. The zero-order valence-electron chi connectivity index (χ0n) is 16.6. The predicted octanol–water partition coefficient (Wildman–Crippen LogP) is 6.10. The summed E-state index contributed by atoms with van der Waals surface area (Å²) in [5.74, 6) is -1.65. The molecule has 11 heteroatoms. The van der Waals surface area contributed by atoms with Crippen molar-refractivity contribution in [3.63, 3.8) is 0 Å². The second-order valence-corrected chi connectivity index (χ2v) is 9.42. The molecule has 166 valence electrons. The molecule has 3 aromatic carbocycles. The normalized spacial score (nSPS) is 10.8. The van der Waals surface area contributed by atoms with Gasteiger partial charge >= 0.3 is 5.97 Å². The van der Waals surface area contributed by atoms with Gasteiger partial charge < -0.3 is 10.4 Å². The van der Waals surface area contributed by atoms with E-state index in [1.807, 2.05) is 24.3 Å². The van der Waals surface area contributed by atoms with E-state index in [2.05, 4.69) is 10.3 Å². The number of nitro groups is 1. The van der Waals surface area contributed by atoms with Crippen molar-refractivity contribution in [2.75, 3.05) is 5.32 Å². The largest absolute Gasteiger partial charge is 0.477 e. The molecule has 0 aliphatic rings. The fourth-order valence-electron chi connectivity index (χ4n) is 3.10. The number of nitrogens with zero attached hydrogens (tertiary/aromatic N) is 2. The lowest BCUT2D eigenvalue weighted by molar-refractivity contribution is -0.385. The van der Waals surface area contributed by atoms with Crippen molar-refractivity contribution in [3.8, 4) is 0 Å². The monoisotopic (exact) mass is 499 g/mol. The van der Waals surface area contributed by atoms with E-state index in [9.17, 15) is 24.8 Å². The third kappa shape index (κ3) is 4.98. The summed E-state index contributed by atoms with van der Waals surface area (Å²) in [6.07, 6.45) is 0. The number of hydrogen-bond acceptors (Lipinski definition) is 7. The first kappa shape index (κ1) is 22.7. The molecule has 0 bridgehead atoms. The summed E-state index contributed by atoms with van der Waals surface area (Å²) in [5, 5.41) is 23.9. The lowest BCUT2D eigenvalue weighted by Gasteiger charge is -2.08. The molecule has 1 amide bonds. The van der Waals surface area contributed by atoms with Gasteiger partial charge in [-0.1, -0.05) is 47.6 Å². The second-order valence-electron chi connectivity index (χ2n) is 6.76. The summed E-state index contributed by atoms with van der Waals surface area (Å²) in [4.78, 5) is 39.2. The Balaban J connectivity index is 1.55. The van der Waals surface area contributed by atoms with Crippen LogP contribution in [-0.2, 0) is 5.75 Å². The molecule has 33 heavy (non-hydrogen) atoms. The Morgan fingerprint density at radius 3 is 2.67 bits per heavy atom. The third-order valence-corrected chi connectivity index (χ3v) is 7.21. The van der Waals surface area contributed by atoms with Crippen molar-refractivity contribution in [2.24, 2.45) is 0 Å². The summed E-state index contributed by atoms with van der Waals surface area (Å²) in [7, 11) is 0. The second kappa shape index (κ2) is 9.57. The molecule has 0 radical (unpaired) electrons. The van der Waals surface area contributed by atoms with Gasteiger partial charge in [-0.05, 0) is 35.9 Å². The first-order valence-corrected chi connectivity index (χ1v) is 11.6. The van der Waals surface area contributed by atoms with Crippen molar-refractivity contribution in [1.82, 2.24) is 4.98 Å². The standard InChI is InChI=1S/C22H14ClN3O5S2/c23-15-6-2-1-4-12(15)11-32-22-25-16-9-8-13(10-18(16)33-22)24-20(27)14-5-3-7-17(26(30)31)19(14)21(28)29/h1-10H,11H2,(H,24,27)(H,28,29). The smallest absolute Gasteiger partial charge is 0.343 e. The Kier molecular flexibility index (Phi) is 6.59. The van der Waals surface area contributed by atoms with Crippen LogP contribution in [0.3, 0.4) is 0 Å². The number of halogens is 1. The van der Waals surface area contributed by atoms with E-state index in [-0.39, 0.29) is 5.56 Å². The highest BCUT2D eigenvalue weighted by molar-refractivity contribution is 8.00. The molecule has 0 fully saturated rings. The summed E-state index contributed by atoms with van der Waals surface area (Å²) in [6.45, 7) is 0. The zero-order chi connectivity index (χ0) is 23.5. The van der Waals surface area contributed by atoms with Crippen molar-refractivity contribution >= 4 is 68.2 Å². The molecular weight excluding hydrogens is 486 g/mol. The number of fused-ring (bicyclic) bond motifs is 1. The van der Waals surface area contributed by atoms with Crippen molar-refractivity contribution in [1.29, 1.82) is 0 Å². The van der Waals surface area contributed by atoms with Gasteiger partial charge in [-0.15, -0.1) is 11.3 Å². The average Bonchev–Trinajstić information content (AvgIpc) is 3.20. The van der Waals surface area contributed by atoms with Crippen molar-refractivity contribution in [2.45, 2.75) is 10.1 Å². The van der Waals surface area contributed by atoms with Crippen LogP contribution in [0.15, 0.2) is 65.0 Å². The maximum atomic E-state index is 12.7. The minimum absolute atomic E-state index is 0.294. The number of carbonyl (C=O) groups is 2. The maximum Gasteiger partial charge on any atom is 0.343 e. The molecule has 0 aliphatic carbocycles. The van der Waals surface area contributed by atoms with Gasteiger partial charge in [0.2, 0.25) is 0 Å². The number of carboxylic acids is 1. The van der Waals surface area contributed by atoms with Crippen LogP contribution < -0.4 is 5.32 Å². The van der Waals surface area contributed by atoms with Crippen LogP contribution in [0, 0.1) is 10.1 Å². The van der Waals surface area contributed by atoms with Crippen LogP contribution >= 0.6 is 34.7 Å². The zero-order valence-corrected chi connectivity index (χ0v) is 19.0. The predicted molar refractivity (Wildman–Crippen MR) is 129 cm³/mol. The Hall–Kier alpha value is -3.47. The number of aromatic nitrogens is 1. The number of carbonyl (C=O) groups excluding carboxylic acids is 1. The van der Waals surface area contributed by atoms with Gasteiger partial charge in [0, 0.05) is 22.5 Å². The SMILES string of the molecule is O=C(Nc1ccc2nc(SCc3ccccc3Cl)sc2c1)c1cccc([N+](=O)[O-])c1C(=O)O. The number of aromatic carboxylic acids is 1. The molecule has 0 spiro atoms. The van der Waals surface area contributed by atoms with Gasteiger partial charge in [0.05, 0.1) is 20.7 Å². The minimum Gasteiger partial charge on any atom is -0.477 e. The van der Waals surface area contributed by atoms with Crippen LogP contribution in [0.25, 0.3) is 10.2 Å². The molecule has 0 unspecified atom stereocenters. The topological polar surface area (TPSA) is 122 Å². The minimum atomic E-state index is -1.55. The fourth-order valence-corrected chi connectivity index (χ4v) is 5.50. The van der Waals surface area contributed by atoms with Crippen LogP contribution in [0.2, 0.25) is 5.02 Å². The first-order chi connectivity index (χ1) is 15.8. The number of thioether (sulfide) groups is 1. The number of rotatable bonds is 7. The van der Waals surface area contributed by atoms with E-state index >= 15 is 0 Å². The van der Waals surface area contributed by atoms with E-state index in [1.165, 1.54) is 23.5 Å². The first-order valence-electron chi connectivity index (χ1n) is 9.42. The van der Waals surface area contributed by atoms with Crippen molar-refractivity contribution < 1.29 is 19.6 Å². The van der Waals surface area contributed by atoms with Crippen LogP contribution in [-0.4, -0.2) is 26.9 Å². The number of anilines is 1. The van der Waals surface area contributed by atoms with Gasteiger partial charge in [-0.25, -0.2) is 9.78 Å². The maximum absolute atomic E-state index is 12.7. The van der Waals surface area contributed by atoms with Gasteiger partial charge in [0.15, 0.2) is 4.34 Å². The van der Waals surface area contributed by atoms with Gasteiger partial charge in [0.1, 0.15) is 5.56 Å². The summed E-state index contributed by atoms with van der Waals surface area (Å²) in [6, 6.07) is 16.2. The third-order valence-electron chi connectivity index (χ3n) is 4.63. The Labute approximate surface area is 200 Å². The fraction of sp³-hybridized carbons (Fsp3) is 0.0455. The van der Waals surface area contributed by atoms with E-state index in [1.54, 1.807) is 30.0 Å². The summed E-state index contributed by atoms with van der Waals surface area (Å²) in [5.41, 5.74) is 0.577. The van der Waals surface area contributed by atoms with Crippen LogP contribution in [0.5, 0.6) is 0 Å². The molecule has 0 aliphatic heterocycles. The number of nitro benzene ring substituents is 1. The molecule has 1 aromatic heterocycles. The highest BCUT2D eigenvalue weighted by atomic mass is 35.5. The molecule has 2 N–H and O–H groups in total. The van der Waals surface area contributed by atoms with E-state index in [0.29, 0.717) is 16.5 Å². The number of benzene rings is 3. The molecular formula is C22H14ClN3O5S2. The number of nitrogens with one attached hydrogen (secondary N) is 1.